The van der Waals surface area contributed by atoms with Crippen LogP contribution in [0.25, 0.3) is 0 Å². The first-order valence-corrected chi connectivity index (χ1v) is 3.57. The molecule has 1 aromatic heterocycles. The molecule has 0 radical (unpaired) electrons. The molecule has 1 aliphatic heterocycles. The van der Waals surface area contributed by atoms with Crippen molar-refractivity contribution in [1.82, 2.24) is 4.98 Å². The summed E-state index contributed by atoms with van der Waals surface area (Å²) in [5.41, 5.74) is 1.81. The lowest BCUT2D eigenvalue weighted by Gasteiger charge is -1.96. The minimum absolute atomic E-state index is 0.0826. The number of ether oxygens (including phenoxy) is 1. The van der Waals surface area contributed by atoms with Crippen LogP contribution in [0.4, 0.5) is 0 Å². The van der Waals surface area contributed by atoms with E-state index in [9.17, 15) is 4.79 Å². The number of carboxylic acid groups (broad SMARTS) is 1. The van der Waals surface area contributed by atoms with Gasteiger partial charge >= 0.3 is 5.97 Å². The lowest BCUT2D eigenvalue weighted by Crippen LogP contribution is -2.02. The van der Waals surface area contributed by atoms with Crippen LogP contribution in [0.15, 0.2) is 12.1 Å². The van der Waals surface area contributed by atoms with Gasteiger partial charge in [0.05, 0.1) is 18.9 Å². The molecule has 1 aliphatic rings. The predicted octanol–water partition coefficient (Wildman–Crippen LogP) is 0.810. The second-order valence-corrected chi connectivity index (χ2v) is 2.60. The summed E-state index contributed by atoms with van der Waals surface area (Å²) < 4.78 is 5.09. The summed E-state index contributed by atoms with van der Waals surface area (Å²) in [4.78, 5) is 14.4. The van der Waals surface area contributed by atoms with E-state index in [-0.39, 0.29) is 5.69 Å². The van der Waals surface area contributed by atoms with Gasteiger partial charge in [-0.15, -0.1) is 0 Å². The molecule has 62 valence electrons. The molecule has 0 fully saturated rings. The van der Waals surface area contributed by atoms with Crippen LogP contribution >= 0.6 is 0 Å². The molecule has 0 saturated heterocycles. The van der Waals surface area contributed by atoms with E-state index in [4.69, 9.17) is 9.84 Å². The van der Waals surface area contributed by atoms with Gasteiger partial charge in [0.25, 0.3) is 0 Å². The Labute approximate surface area is 68.8 Å². The summed E-state index contributed by atoms with van der Waals surface area (Å²) in [6, 6.07) is 3.24. The van der Waals surface area contributed by atoms with Gasteiger partial charge in [0.2, 0.25) is 0 Å². The SMILES string of the molecule is O=C(O)c1ccc2c(n1)COC2. The summed E-state index contributed by atoms with van der Waals surface area (Å²) >= 11 is 0. The van der Waals surface area contributed by atoms with Crippen LogP contribution in [0.1, 0.15) is 21.7 Å². The molecule has 0 bridgehead atoms. The minimum atomic E-state index is -0.996. The van der Waals surface area contributed by atoms with Crippen molar-refractivity contribution in [3.8, 4) is 0 Å². The van der Waals surface area contributed by atoms with Crippen molar-refractivity contribution in [2.24, 2.45) is 0 Å². The molecule has 0 aliphatic carbocycles. The Hall–Kier alpha value is -1.42. The van der Waals surface area contributed by atoms with Crippen molar-refractivity contribution < 1.29 is 14.6 Å². The second kappa shape index (κ2) is 2.57. The number of fused-ring (bicyclic) bond motifs is 1. The average Bonchev–Trinajstić information content (AvgIpc) is 2.49. The fourth-order valence-corrected chi connectivity index (χ4v) is 1.16. The molecule has 0 atom stereocenters. The molecule has 4 heteroatoms. The first-order chi connectivity index (χ1) is 5.77. The number of aromatic nitrogens is 1. The van der Waals surface area contributed by atoms with Crippen LogP contribution < -0.4 is 0 Å². The number of pyridine rings is 1. The maximum Gasteiger partial charge on any atom is 0.354 e. The topological polar surface area (TPSA) is 59.4 Å². The zero-order valence-electron chi connectivity index (χ0n) is 6.28. The lowest BCUT2D eigenvalue weighted by atomic mass is 10.2. The zero-order chi connectivity index (χ0) is 8.55. The zero-order valence-corrected chi connectivity index (χ0v) is 6.28. The third kappa shape index (κ3) is 1.06. The third-order valence-corrected chi connectivity index (χ3v) is 1.78. The van der Waals surface area contributed by atoms with Gasteiger partial charge in [0.15, 0.2) is 0 Å². The quantitative estimate of drug-likeness (QED) is 0.668. The van der Waals surface area contributed by atoms with Gasteiger partial charge in [0, 0.05) is 5.56 Å². The second-order valence-electron chi connectivity index (χ2n) is 2.60. The number of hydrogen-bond acceptors (Lipinski definition) is 3. The van der Waals surface area contributed by atoms with Crippen LogP contribution in [-0.2, 0) is 18.0 Å². The molecule has 2 rings (SSSR count). The van der Waals surface area contributed by atoms with Gasteiger partial charge in [0.1, 0.15) is 5.69 Å². The molecule has 0 spiro atoms. The van der Waals surface area contributed by atoms with Crippen molar-refractivity contribution in [2.75, 3.05) is 0 Å². The average molecular weight is 165 g/mol. The highest BCUT2D eigenvalue weighted by Gasteiger charge is 2.14. The van der Waals surface area contributed by atoms with Crippen molar-refractivity contribution in [3.05, 3.63) is 29.1 Å². The maximum absolute atomic E-state index is 10.5. The molecule has 0 amide bonds. The molecule has 4 nitrogen and oxygen atoms in total. The summed E-state index contributed by atoms with van der Waals surface area (Å²) in [6.45, 7) is 0.971. The summed E-state index contributed by atoms with van der Waals surface area (Å²) in [5.74, 6) is -0.996. The highest BCUT2D eigenvalue weighted by Crippen LogP contribution is 2.17. The fourth-order valence-electron chi connectivity index (χ4n) is 1.16. The number of hydrogen-bond donors (Lipinski definition) is 1. The van der Waals surface area contributed by atoms with Crippen molar-refractivity contribution in [3.63, 3.8) is 0 Å². The third-order valence-electron chi connectivity index (χ3n) is 1.78. The van der Waals surface area contributed by atoms with Gasteiger partial charge in [-0.05, 0) is 6.07 Å². The van der Waals surface area contributed by atoms with Crippen LogP contribution in [-0.4, -0.2) is 16.1 Å². The number of aromatic carboxylic acids is 1. The molecule has 0 unspecified atom stereocenters. The monoisotopic (exact) mass is 165 g/mol. The van der Waals surface area contributed by atoms with E-state index in [1.807, 2.05) is 0 Å². The summed E-state index contributed by atoms with van der Waals surface area (Å²) in [6.07, 6.45) is 0. The minimum Gasteiger partial charge on any atom is -0.477 e. The van der Waals surface area contributed by atoms with Gasteiger partial charge in [-0.25, -0.2) is 9.78 Å². The molecule has 2 heterocycles. The number of carboxylic acids is 1. The van der Waals surface area contributed by atoms with E-state index >= 15 is 0 Å². The molecule has 0 aromatic carbocycles. The highest BCUT2D eigenvalue weighted by atomic mass is 16.5. The number of carbonyl (C=O) groups is 1. The first kappa shape index (κ1) is 7.24. The Morgan fingerprint density at radius 1 is 1.50 bits per heavy atom. The van der Waals surface area contributed by atoms with Crippen LogP contribution in [0.2, 0.25) is 0 Å². The molecule has 1 N–H and O–H groups in total. The van der Waals surface area contributed by atoms with Crippen molar-refractivity contribution in [2.45, 2.75) is 13.2 Å². The molecule has 0 saturated carbocycles. The normalized spacial score (nSPS) is 14.3. The number of nitrogens with zero attached hydrogens (tertiary/aromatic N) is 1. The fraction of sp³-hybridized carbons (Fsp3) is 0.250. The first-order valence-electron chi connectivity index (χ1n) is 3.57. The van der Waals surface area contributed by atoms with E-state index in [1.165, 1.54) is 6.07 Å². The van der Waals surface area contributed by atoms with Crippen molar-refractivity contribution >= 4 is 5.97 Å². The Morgan fingerprint density at radius 3 is 3.08 bits per heavy atom. The van der Waals surface area contributed by atoms with Gasteiger partial charge < -0.3 is 9.84 Å². The molecular formula is C8H7NO3. The smallest absolute Gasteiger partial charge is 0.354 e. The van der Waals surface area contributed by atoms with E-state index in [0.717, 1.165) is 11.3 Å². The Kier molecular flexibility index (Phi) is 1.55. The molecule has 1 aromatic rings. The van der Waals surface area contributed by atoms with Crippen molar-refractivity contribution in [1.29, 1.82) is 0 Å². The van der Waals surface area contributed by atoms with Crippen LogP contribution in [0.5, 0.6) is 0 Å². The standard InChI is InChI=1S/C8H7NO3/c10-8(11)6-2-1-5-3-12-4-7(5)9-6/h1-2H,3-4H2,(H,10,11). The van der Waals surface area contributed by atoms with Crippen LogP contribution in [0.3, 0.4) is 0 Å². The van der Waals surface area contributed by atoms with E-state index in [1.54, 1.807) is 6.07 Å². The highest BCUT2D eigenvalue weighted by molar-refractivity contribution is 5.85. The predicted molar refractivity (Wildman–Crippen MR) is 39.7 cm³/mol. The molecule has 12 heavy (non-hydrogen) atoms. The largest absolute Gasteiger partial charge is 0.477 e. The Balaban J connectivity index is 2.45. The number of rotatable bonds is 1. The summed E-state index contributed by atoms with van der Waals surface area (Å²) in [7, 11) is 0. The van der Waals surface area contributed by atoms with Gasteiger partial charge in [-0.2, -0.15) is 0 Å². The summed E-state index contributed by atoms with van der Waals surface area (Å²) in [5, 5.41) is 8.61. The Bertz CT molecular complexity index is 335. The van der Waals surface area contributed by atoms with Gasteiger partial charge in [-0.3, -0.25) is 0 Å². The molecular weight excluding hydrogens is 158 g/mol. The van der Waals surface area contributed by atoms with E-state index < -0.39 is 5.97 Å². The van der Waals surface area contributed by atoms with E-state index in [0.29, 0.717) is 13.2 Å². The van der Waals surface area contributed by atoms with E-state index in [2.05, 4.69) is 4.98 Å². The van der Waals surface area contributed by atoms with Gasteiger partial charge in [-0.1, -0.05) is 6.07 Å². The maximum atomic E-state index is 10.5. The Morgan fingerprint density at radius 2 is 2.33 bits per heavy atom. The van der Waals surface area contributed by atoms with Crippen LogP contribution in [0, 0.1) is 0 Å². The lowest BCUT2D eigenvalue weighted by molar-refractivity contribution is 0.0690.